The Morgan fingerprint density at radius 1 is 1.39 bits per heavy atom. The molecule has 0 spiro atoms. The van der Waals surface area contributed by atoms with E-state index >= 15 is 0 Å². The van der Waals surface area contributed by atoms with Gasteiger partial charge in [0.25, 0.3) is 0 Å². The molecule has 3 atom stereocenters. The van der Waals surface area contributed by atoms with Crippen molar-refractivity contribution < 1.29 is 18.7 Å². The first-order valence-electron chi connectivity index (χ1n) is 6.62. The Labute approximate surface area is 110 Å². The maximum atomic E-state index is 12.2. The van der Waals surface area contributed by atoms with Crippen molar-refractivity contribution >= 4 is 7.75 Å². The van der Waals surface area contributed by atoms with E-state index in [4.69, 9.17) is 9.26 Å². The summed E-state index contributed by atoms with van der Waals surface area (Å²) in [5.74, 6) is 0.506. The van der Waals surface area contributed by atoms with E-state index in [1.165, 1.54) is 4.67 Å². The second-order valence-corrected chi connectivity index (χ2v) is 7.47. The van der Waals surface area contributed by atoms with Crippen LogP contribution in [0.1, 0.15) is 41.0 Å². The molecule has 1 N–H and O–H groups in total. The molecule has 1 heterocycles. The van der Waals surface area contributed by atoms with Gasteiger partial charge >= 0.3 is 7.75 Å². The molecule has 0 saturated carbocycles. The van der Waals surface area contributed by atoms with Crippen LogP contribution in [0, 0.1) is 5.92 Å². The number of hydrogen-bond donors (Lipinski definition) is 1. The van der Waals surface area contributed by atoms with Gasteiger partial charge in [-0.1, -0.05) is 13.8 Å². The molecule has 0 aromatic rings. The number of nitrogens with zero attached hydrogens (tertiary/aromatic N) is 1. The molecule has 1 rings (SSSR count). The standard InChI is InChI=1S/C12H26NO4P/c1-9(2)6-12-8-13(7-11(5)16-12)18(14,15)17-10(3)4/h9-12H,6-8H2,1-5H3,(H,14,15). The van der Waals surface area contributed by atoms with Gasteiger partial charge in [0.2, 0.25) is 0 Å². The highest BCUT2D eigenvalue weighted by molar-refractivity contribution is 7.50. The van der Waals surface area contributed by atoms with E-state index in [9.17, 15) is 9.46 Å². The molecule has 0 aromatic carbocycles. The lowest BCUT2D eigenvalue weighted by molar-refractivity contribution is -0.0693. The highest BCUT2D eigenvalue weighted by Crippen LogP contribution is 2.49. The summed E-state index contributed by atoms with van der Waals surface area (Å²) in [7, 11) is -3.69. The molecule has 0 radical (unpaired) electrons. The summed E-state index contributed by atoms with van der Waals surface area (Å²) >= 11 is 0. The molecule has 1 aliphatic rings. The number of ether oxygens (including phenoxy) is 1. The molecule has 108 valence electrons. The van der Waals surface area contributed by atoms with Gasteiger partial charge in [0, 0.05) is 13.1 Å². The van der Waals surface area contributed by atoms with Crippen LogP contribution in [0.4, 0.5) is 0 Å². The molecule has 5 nitrogen and oxygen atoms in total. The molecule has 18 heavy (non-hydrogen) atoms. The zero-order chi connectivity index (χ0) is 13.9. The van der Waals surface area contributed by atoms with Crippen molar-refractivity contribution in [3.63, 3.8) is 0 Å². The van der Waals surface area contributed by atoms with Crippen molar-refractivity contribution in [1.29, 1.82) is 0 Å². The van der Waals surface area contributed by atoms with Crippen molar-refractivity contribution in [2.75, 3.05) is 13.1 Å². The predicted octanol–water partition coefficient (Wildman–Crippen LogP) is 2.65. The molecule has 0 bridgehead atoms. The molecule has 0 aliphatic carbocycles. The fourth-order valence-corrected chi connectivity index (χ4v) is 3.73. The third-order valence-electron chi connectivity index (χ3n) is 2.75. The van der Waals surface area contributed by atoms with Gasteiger partial charge in [-0.15, -0.1) is 0 Å². The molecule has 3 unspecified atom stereocenters. The maximum absolute atomic E-state index is 12.2. The van der Waals surface area contributed by atoms with Gasteiger partial charge in [0.15, 0.2) is 0 Å². The minimum absolute atomic E-state index is 0.00462. The van der Waals surface area contributed by atoms with Crippen LogP contribution in [0.25, 0.3) is 0 Å². The summed E-state index contributed by atoms with van der Waals surface area (Å²) in [6.07, 6.45) is 0.592. The third kappa shape index (κ3) is 4.98. The van der Waals surface area contributed by atoms with Gasteiger partial charge in [-0.3, -0.25) is 4.52 Å². The smallest absolute Gasteiger partial charge is 0.373 e. The SMILES string of the molecule is CC(C)CC1CN(P(=O)(O)OC(C)C)CC(C)O1. The van der Waals surface area contributed by atoms with Crippen LogP contribution in [0.3, 0.4) is 0 Å². The van der Waals surface area contributed by atoms with Crippen LogP contribution >= 0.6 is 7.75 Å². The number of rotatable bonds is 5. The summed E-state index contributed by atoms with van der Waals surface area (Å²) < 4.78 is 24.7. The fraction of sp³-hybridized carbons (Fsp3) is 1.00. The minimum Gasteiger partial charge on any atom is -0.373 e. The van der Waals surface area contributed by atoms with Gasteiger partial charge in [-0.25, -0.2) is 9.24 Å². The van der Waals surface area contributed by atoms with Crippen LogP contribution in [0.5, 0.6) is 0 Å². The summed E-state index contributed by atoms with van der Waals surface area (Å²) in [6.45, 7) is 10.6. The molecule has 1 fully saturated rings. The van der Waals surface area contributed by atoms with Gasteiger partial charge in [0.1, 0.15) is 0 Å². The average molecular weight is 279 g/mol. The zero-order valence-corrected chi connectivity index (χ0v) is 12.9. The van der Waals surface area contributed by atoms with Gasteiger partial charge < -0.3 is 9.63 Å². The van der Waals surface area contributed by atoms with E-state index in [1.54, 1.807) is 13.8 Å². The Balaban J connectivity index is 2.67. The molecular weight excluding hydrogens is 253 g/mol. The quantitative estimate of drug-likeness (QED) is 0.784. The van der Waals surface area contributed by atoms with E-state index in [1.807, 2.05) is 6.92 Å². The van der Waals surface area contributed by atoms with Crippen LogP contribution in [0.15, 0.2) is 0 Å². The first-order chi connectivity index (χ1) is 8.20. The van der Waals surface area contributed by atoms with Crippen molar-refractivity contribution in [2.24, 2.45) is 5.92 Å². The molecule has 1 aliphatic heterocycles. The number of hydrogen-bond acceptors (Lipinski definition) is 3. The van der Waals surface area contributed by atoms with Crippen LogP contribution in [-0.4, -0.2) is 41.0 Å². The predicted molar refractivity (Wildman–Crippen MR) is 71.4 cm³/mol. The average Bonchev–Trinajstić information content (AvgIpc) is 2.12. The van der Waals surface area contributed by atoms with Crippen LogP contribution in [-0.2, 0) is 13.8 Å². The number of morpholine rings is 1. The van der Waals surface area contributed by atoms with E-state index in [0.717, 1.165) is 6.42 Å². The second kappa shape index (κ2) is 6.49. The van der Waals surface area contributed by atoms with Gasteiger partial charge in [0.05, 0.1) is 18.3 Å². The lowest BCUT2D eigenvalue weighted by Gasteiger charge is -2.38. The van der Waals surface area contributed by atoms with Crippen molar-refractivity contribution in [3.8, 4) is 0 Å². The lowest BCUT2D eigenvalue weighted by Crippen LogP contribution is -2.45. The summed E-state index contributed by atoms with van der Waals surface area (Å²) in [5.41, 5.74) is 0. The minimum atomic E-state index is -3.69. The summed E-state index contributed by atoms with van der Waals surface area (Å²) in [4.78, 5) is 9.98. The molecular formula is C12H26NO4P. The Morgan fingerprint density at radius 2 is 2.00 bits per heavy atom. The van der Waals surface area contributed by atoms with Crippen LogP contribution in [0.2, 0.25) is 0 Å². The normalized spacial score (nSPS) is 29.8. The van der Waals surface area contributed by atoms with E-state index in [0.29, 0.717) is 19.0 Å². The zero-order valence-electron chi connectivity index (χ0n) is 12.0. The van der Waals surface area contributed by atoms with E-state index in [2.05, 4.69) is 13.8 Å². The van der Waals surface area contributed by atoms with Crippen molar-refractivity contribution in [2.45, 2.75) is 59.4 Å². The molecule has 0 amide bonds. The Morgan fingerprint density at radius 3 is 2.50 bits per heavy atom. The summed E-state index contributed by atoms with van der Waals surface area (Å²) in [5, 5.41) is 0. The highest BCUT2D eigenvalue weighted by atomic mass is 31.2. The Kier molecular flexibility index (Phi) is 5.81. The maximum Gasteiger partial charge on any atom is 0.406 e. The molecule has 6 heteroatoms. The fourth-order valence-electron chi connectivity index (χ4n) is 2.22. The highest BCUT2D eigenvalue weighted by Gasteiger charge is 2.37. The Bertz CT molecular complexity index is 306. The lowest BCUT2D eigenvalue weighted by atomic mass is 10.0. The van der Waals surface area contributed by atoms with Crippen LogP contribution < -0.4 is 0 Å². The topological polar surface area (TPSA) is 59.0 Å². The van der Waals surface area contributed by atoms with E-state index in [-0.39, 0.29) is 18.3 Å². The first kappa shape index (κ1) is 16.1. The monoisotopic (exact) mass is 279 g/mol. The Hall–Kier alpha value is 0.0700. The molecule has 0 aromatic heterocycles. The van der Waals surface area contributed by atoms with E-state index < -0.39 is 7.75 Å². The third-order valence-corrected chi connectivity index (χ3v) is 4.48. The van der Waals surface area contributed by atoms with Gasteiger partial charge in [-0.05, 0) is 33.1 Å². The second-order valence-electron chi connectivity index (χ2n) is 5.71. The summed E-state index contributed by atoms with van der Waals surface area (Å²) in [6, 6.07) is 0. The first-order valence-corrected chi connectivity index (χ1v) is 8.15. The largest absolute Gasteiger partial charge is 0.406 e. The van der Waals surface area contributed by atoms with Crippen molar-refractivity contribution in [1.82, 2.24) is 4.67 Å². The van der Waals surface area contributed by atoms with Crippen molar-refractivity contribution in [3.05, 3.63) is 0 Å². The van der Waals surface area contributed by atoms with Gasteiger partial charge in [-0.2, -0.15) is 0 Å². The molecule has 1 saturated heterocycles.